The van der Waals surface area contributed by atoms with E-state index in [0.29, 0.717) is 29.8 Å². The Morgan fingerprint density at radius 2 is 1.37 bits per heavy atom. The molecule has 108 valence electrons. The summed E-state index contributed by atoms with van der Waals surface area (Å²) in [6.45, 7) is 15.1. The van der Waals surface area contributed by atoms with Gasteiger partial charge in [0.05, 0.1) is 19.8 Å². The number of ether oxygens (including phenoxy) is 1. The molecule has 0 aromatic heterocycles. The van der Waals surface area contributed by atoms with Gasteiger partial charge in [0.25, 0.3) is 0 Å². The van der Waals surface area contributed by atoms with E-state index in [1.165, 1.54) is 0 Å². The number of halogens is 1. The molecule has 0 bridgehead atoms. The fourth-order valence-electron chi connectivity index (χ4n) is 2.90. The Morgan fingerprint density at radius 3 is 1.68 bits per heavy atom. The number of hydrogen-bond donors (Lipinski definition) is 0. The first-order chi connectivity index (χ1) is 7.89. The third-order valence-electron chi connectivity index (χ3n) is 3.46. The van der Waals surface area contributed by atoms with Crippen molar-refractivity contribution < 1.29 is 26.1 Å². The SMILES string of the molecule is [Br-].[C-]#CCOCCO[Si](C(C)C)(C(C)C)C(C)C.[Mg+2]. The average molecular weight is 360 g/mol. The summed E-state index contributed by atoms with van der Waals surface area (Å²) in [5, 5.41) is 0. The first kappa shape index (κ1) is 24.9. The Kier molecular flexibility index (Phi) is 16.6. The van der Waals surface area contributed by atoms with E-state index in [1.54, 1.807) is 0 Å². The minimum absolute atomic E-state index is 0. The van der Waals surface area contributed by atoms with E-state index in [4.69, 9.17) is 15.6 Å². The van der Waals surface area contributed by atoms with Gasteiger partial charge >= 0.3 is 23.1 Å². The number of rotatable bonds is 8. The fraction of sp³-hybridized carbons (Fsp3) is 0.857. The van der Waals surface area contributed by atoms with E-state index in [0.717, 1.165) is 0 Å². The van der Waals surface area contributed by atoms with Gasteiger partial charge in [0.2, 0.25) is 0 Å². The Morgan fingerprint density at radius 1 is 0.947 bits per heavy atom. The minimum Gasteiger partial charge on any atom is -1.00 e. The molecule has 2 nitrogen and oxygen atoms in total. The second-order valence-corrected chi connectivity index (χ2v) is 10.9. The van der Waals surface area contributed by atoms with Gasteiger partial charge in [-0.25, -0.2) is 0 Å². The van der Waals surface area contributed by atoms with Gasteiger partial charge in [0, 0.05) is 0 Å². The zero-order valence-corrected chi connectivity index (χ0v) is 17.3. The molecule has 0 rings (SSSR count). The van der Waals surface area contributed by atoms with Gasteiger partial charge < -0.3 is 38.5 Å². The smallest absolute Gasteiger partial charge is 1.00 e. The van der Waals surface area contributed by atoms with Crippen LogP contribution in [0.5, 0.6) is 0 Å². The fourth-order valence-corrected chi connectivity index (χ4v) is 8.34. The first-order valence-corrected chi connectivity index (χ1v) is 8.64. The topological polar surface area (TPSA) is 18.5 Å². The summed E-state index contributed by atoms with van der Waals surface area (Å²) >= 11 is 0. The molecule has 0 aromatic carbocycles. The molecule has 5 heteroatoms. The molecule has 0 saturated heterocycles. The molecule has 0 fully saturated rings. The monoisotopic (exact) mass is 358 g/mol. The van der Waals surface area contributed by atoms with Crippen LogP contribution in [0.15, 0.2) is 0 Å². The summed E-state index contributed by atoms with van der Waals surface area (Å²) in [6, 6.07) is 0. The molecule has 0 aliphatic heterocycles. The van der Waals surface area contributed by atoms with Crippen LogP contribution in [0.2, 0.25) is 16.6 Å². The van der Waals surface area contributed by atoms with Crippen LogP contribution in [0.1, 0.15) is 41.5 Å². The third kappa shape index (κ3) is 7.49. The molecule has 0 atom stereocenters. The molecule has 0 aliphatic rings. The Hall–Kier alpha value is 0.943. The second-order valence-electron chi connectivity index (χ2n) is 5.40. The summed E-state index contributed by atoms with van der Waals surface area (Å²) in [5.41, 5.74) is 1.82. The molecule has 0 saturated carbocycles. The standard InChI is InChI=1S/C14H27O2Si.BrH.Mg/c1-8-9-15-10-11-16-17(12(2)3,13(4)5)14(6)7;;/h12-14H,9-11H2,2-7H3;1H;/q-1;;+2/p-1. The van der Waals surface area contributed by atoms with Crippen molar-refractivity contribution in [3.05, 3.63) is 6.42 Å². The molecular weight excluding hydrogens is 332 g/mol. The van der Waals surface area contributed by atoms with E-state index in [9.17, 15) is 0 Å². The molecular formula is C14H27BrMgO2Si. The quantitative estimate of drug-likeness (QED) is 0.270. The average Bonchev–Trinajstić information content (AvgIpc) is 2.21. The van der Waals surface area contributed by atoms with Crippen LogP contribution in [0, 0.1) is 12.3 Å². The van der Waals surface area contributed by atoms with Gasteiger partial charge in [-0.05, 0) is 16.6 Å². The van der Waals surface area contributed by atoms with Gasteiger partial charge in [0.15, 0.2) is 8.32 Å². The van der Waals surface area contributed by atoms with Crippen molar-refractivity contribution in [2.75, 3.05) is 19.8 Å². The van der Waals surface area contributed by atoms with E-state index in [1.807, 2.05) is 0 Å². The predicted octanol–water partition coefficient (Wildman–Crippen LogP) is 0.408. The van der Waals surface area contributed by atoms with Crippen LogP contribution in [-0.4, -0.2) is 51.2 Å². The molecule has 19 heavy (non-hydrogen) atoms. The Bertz CT molecular complexity index is 231. The van der Waals surface area contributed by atoms with Crippen molar-refractivity contribution in [3.8, 4) is 5.92 Å². The predicted molar refractivity (Wildman–Crippen MR) is 80.7 cm³/mol. The van der Waals surface area contributed by atoms with Crippen molar-refractivity contribution >= 4 is 31.4 Å². The van der Waals surface area contributed by atoms with Crippen molar-refractivity contribution in [3.63, 3.8) is 0 Å². The van der Waals surface area contributed by atoms with Crippen LogP contribution in [-0.2, 0) is 9.16 Å². The zero-order valence-electron chi connectivity index (χ0n) is 13.3. The summed E-state index contributed by atoms with van der Waals surface area (Å²) in [4.78, 5) is 0. The van der Waals surface area contributed by atoms with E-state index in [2.05, 4.69) is 47.5 Å². The molecule has 0 aliphatic carbocycles. The molecule has 0 unspecified atom stereocenters. The summed E-state index contributed by atoms with van der Waals surface area (Å²) in [7, 11) is -1.74. The van der Waals surface area contributed by atoms with Crippen molar-refractivity contribution in [1.29, 1.82) is 0 Å². The van der Waals surface area contributed by atoms with Crippen molar-refractivity contribution in [2.24, 2.45) is 0 Å². The first-order valence-electron chi connectivity index (χ1n) is 6.50. The Balaban J connectivity index is -0.00000128. The maximum atomic E-state index is 6.76. The number of hydrogen-bond acceptors (Lipinski definition) is 2. The molecule has 0 amide bonds. The Labute approximate surface area is 147 Å². The second kappa shape index (κ2) is 12.7. The van der Waals surface area contributed by atoms with Crippen LogP contribution < -0.4 is 17.0 Å². The van der Waals surface area contributed by atoms with Gasteiger partial charge in [0.1, 0.15) is 0 Å². The van der Waals surface area contributed by atoms with Gasteiger partial charge in [-0.1, -0.05) is 41.5 Å². The molecule has 0 N–H and O–H groups in total. The van der Waals surface area contributed by atoms with Gasteiger partial charge in [-0.15, -0.1) is 0 Å². The van der Waals surface area contributed by atoms with Crippen LogP contribution in [0.4, 0.5) is 0 Å². The van der Waals surface area contributed by atoms with E-state index < -0.39 is 8.32 Å². The summed E-state index contributed by atoms with van der Waals surface area (Å²) in [6.07, 6.45) is 6.76. The normalized spacial score (nSPS) is 11.2. The van der Waals surface area contributed by atoms with Crippen LogP contribution >= 0.6 is 0 Å². The molecule has 0 spiro atoms. The summed E-state index contributed by atoms with van der Waals surface area (Å²) < 4.78 is 11.5. The van der Waals surface area contributed by atoms with E-state index >= 15 is 0 Å². The molecule has 0 radical (unpaired) electrons. The van der Waals surface area contributed by atoms with E-state index in [-0.39, 0.29) is 46.6 Å². The van der Waals surface area contributed by atoms with Crippen molar-refractivity contribution in [1.82, 2.24) is 0 Å². The van der Waals surface area contributed by atoms with Crippen LogP contribution in [0.3, 0.4) is 0 Å². The molecule has 0 aromatic rings. The third-order valence-corrected chi connectivity index (χ3v) is 9.58. The van der Waals surface area contributed by atoms with Gasteiger partial charge in [-0.2, -0.15) is 0 Å². The summed E-state index contributed by atoms with van der Waals surface area (Å²) in [5.74, 6) is 2.22. The maximum absolute atomic E-state index is 6.76. The maximum Gasteiger partial charge on any atom is 2.00 e. The largest absolute Gasteiger partial charge is 2.00 e. The van der Waals surface area contributed by atoms with Crippen molar-refractivity contribution in [2.45, 2.75) is 58.2 Å². The molecule has 0 heterocycles. The zero-order chi connectivity index (χ0) is 13.5. The van der Waals surface area contributed by atoms with Gasteiger partial charge in [-0.3, -0.25) is 0 Å². The van der Waals surface area contributed by atoms with Crippen LogP contribution in [0.25, 0.3) is 0 Å². The minimum atomic E-state index is -1.74.